The average molecular weight is 881 g/mol. The van der Waals surface area contributed by atoms with Gasteiger partial charge >= 0.3 is 364 Å². The van der Waals surface area contributed by atoms with Crippen molar-refractivity contribution < 1.29 is 15.7 Å². The van der Waals surface area contributed by atoms with Crippen LogP contribution in [-0.2, 0) is 15.7 Å². The molecule has 0 N–H and O–H groups in total. The van der Waals surface area contributed by atoms with Crippen LogP contribution in [0.15, 0.2) is 170 Å². The number of aryl methyl sites for hydroxylation is 1. The first-order valence-electron chi connectivity index (χ1n) is 21.0. The van der Waals surface area contributed by atoms with Crippen LogP contribution >= 0.6 is 9.69 Å². The third kappa shape index (κ3) is 8.01. The van der Waals surface area contributed by atoms with Gasteiger partial charge in [-0.25, -0.2) is 0 Å². The maximum absolute atomic E-state index is 7.42. The number of fused-ring (bicyclic) bond motifs is 1. The molecule has 0 bridgehead atoms. The number of halogens is 1. The summed E-state index contributed by atoms with van der Waals surface area (Å²) in [5, 5.41) is 0. The summed E-state index contributed by atoms with van der Waals surface area (Å²) >= 11 is -0.505. The van der Waals surface area contributed by atoms with E-state index in [1.54, 1.807) is 0 Å². The fourth-order valence-corrected chi connectivity index (χ4v) is 10.7. The molecule has 0 spiro atoms. The summed E-state index contributed by atoms with van der Waals surface area (Å²) in [6.07, 6.45) is 2.36. The van der Waals surface area contributed by atoms with E-state index in [9.17, 15) is 0 Å². The third-order valence-electron chi connectivity index (χ3n) is 11.8. The molecule has 0 fully saturated rings. The molecule has 302 valence electrons. The quantitative estimate of drug-likeness (QED) is 0.0904. The second kappa shape index (κ2) is 17.6. The Labute approximate surface area is 362 Å². The summed E-state index contributed by atoms with van der Waals surface area (Å²) in [6.45, 7) is 16.2. The van der Waals surface area contributed by atoms with Gasteiger partial charge in [0.1, 0.15) is 0 Å². The minimum atomic E-state index is -0.505. The van der Waals surface area contributed by atoms with E-state index in [-0.39, 0.29) is 11.8 Å². The third-order valence-corrected chi connectivity index (χ3v) is 13.5. The van der Waals surface area contributed by atoms with Crippen molar-refractivity contribution in [3.05, 3.63) is 230 Å². The molecule has 8 aromatic rings. The van der Waals surface area contributed by atoms with E-state index < -0.39 is 15.7 Å². The number of benzene rings is 6. The average Bonchev–Trinajstić information content (AvgIpc) is 3.63. The molecule has 0 aliphatic carbocycles. The van der Waals surface area contributed by atoms with Crippen molar-refractivity contribution in [1.29, 1.82) is 0 Å². The molecule has 0 aliphatic rings. The van der Waals surface area contributed by atoms with Gasteiger partial charge in [0.15, 0.2) is 0 Å². The van der Waals surface area contributed by atoms with E-state index in [0.29, 0.717) is 17.8 Å². The zero-order chi connectivity index (χ0) is 41.2. The zero-order valence-corrected chi connectivity index (χ0v) is 37.6. The molecule has 2 heterocycles. The van der Waals surface area contributed by atoms with Crippen molar-refractivity contribution in [2.75, 3.05) is 0 Å². The van der Waals surface area contributed by atoms with E-state index >= 15 is 0 Å². The minimum absolute atomic E-state index is 0.0338. The second-order valence-corrected chi connectivity index (χ2v) is 18.6. The predicted octanol–water partition coefficient (Wildman–Crippen LogP) is 15.2. The molecule has 8 rings (SSSR count). The Morgan fingerprint density at radius 1 is 0.458 bits per heavy atom. The maximum atomic E-state index is 7.42. The standard InChI is InChI=1S/C55H54N2.ClH.Rh/c1-37(2)45-33-47(38(3)4)54(48(34-45)39(5)6)51-30-20-29-46-35-56(36-57(46)51)55-49(52(41-21-12-8-13-22-41)42-23-14-9-15-24-42)31-40(7)32-50(55)53(43-25-16-10-17-26-43)44-27-18-11-19-28-44;;/h8-35,37-39,52-53H,1-7H3;1H;/q;;-1/p-1. The van der Waals surface area contributed by atoms with Gasteiger partial charge in [-0.3, -0.25) is 0 Å². The number of hydrogen-bond donors (Lipinski definition) is 0. The van der Waals surface area contributed by atoms with E-state index in [2.05, 4.69) is 227 Å². The number of rotatable bonds is 11. The molecule has 0 atom stereocenters. The van der Waals surface area contributed by atoms with E-state index in [0.717, 1.165) is 9.53 Å². The fourth-order valence-electron chi connectivity index (χ4n) is 9.01. The first-order chi connectivity index (χ1) is 28.7. The first kappa shape index (κ1) is 40.7. The number of imidazole rings is 1. The van der Waals surface area contributed by atoms with Crippen LogP contribution in [-0.4, -0.2) is 8.97 Å². The van der Waals surface area contributed by atoms with Gasteiger partial charge < -0.3 is 0 Å². The van der Waals surface area contributed by atoms with Crippen LogP contribution in [0.25, 0.3) is 22.5 Å². The molecule has 0 saturated carbocycles. The summed E-state index contributed by atoms with van der Waals surface area (Å²) in [5.41, 5.74) is 17.8. The van der Waals surface area contributed by atoms with Crippen LogP contribution in [0.2, 0.25) is 0 Å². The van der Waals surface area contributed by atoms with E-state index in [4.69, 9.17) is 9.69 Å². The Balaban J connectivity index is 1.53. The first-order valence-corrected chi connectivity index (χ1v) is 23.9. The van der Waals surface area contributed by atoms with Crippen molar-refractivity contribution >= 4 is 15.2 Å². The summed E-state index contributed by atoms with van der Waals surface area (Å²) in [4.78, 5) is 0. The Hall–Kier alpha value is -5.08. The molecule has 0 unspecified atom stereocenters. The zero-order valence-electron chi connectivity index (χ0n) is 35.2. The molecule has 59 heavy (non-hydrogen) atoms. The molecule has 2 nitrogen and oxygen atoms in total. The fraction of sp³-hybridized carbons (Fsp3) is 0.218. The molecule has 0 radical (unpaired) electrons. The Kier molecular flexibility index (Phi) is 12.2. The molecule has 0 aliphatic heterocycles. The SMILES string of the molecule is Cc1cc(C(c2ccccc2)c2ccccc2)c(-n2cc3cccc(-c4c(C(C)C)cc(C(C)C)cc4C(C)C)n3[c]2=[Rh-2][Cl])c(C(c2ccccc2)c2ccccc2)c1. The topological polar surface area (TPSA) is 9.34 Å². The van der Waals surface area contributed by atoms with Crippen molar-refractivity contribution in [3.8, 4) is 16.9 Å². The molecule has 0 amide bonds. The van der Waals surface area contributed by atoms with E-state index in [1.807, 2.05) is 0 Å². The van der Waals surface area contributed by atoms with Gasteiger partial charge in [0.25, 0.3) is 0 Å². The predicted molar refractivity (Wildman–Crippen MR) is 246 cm³/mol. The van der Waals surface area contributed by atoms with Crippen LogP contribution in [0, 0.1) is 10.9 Å². The molecule has 6 aromatic carbocycles. The van der Waals surface area contributed by atoms with Crippen molar-refractivity contribution in [2.24, 2.45) is 0 Å². The second-order valence-electron chi connectivity index (χ2n) is 16.8. The molecular weight excluding hydrogens is 827 g/mol. The Bertz CT molecular complexity index is 2550. The summed E-state index contributed by atoms with van der Waals surface area (Å²) in [7, 11) is 7.42. The van der Waals surface area contributed by atoms with Gasteiger partial charge in [0.05, 0.1) is 0 Å². The number of nitrogens with zero attached hydrogens (tertiary/aromatic N) is 2. The van der Waals surface area contributed by atoms with Gasteiger partial charge in [-0.05, 0) is 0 Å². The number of hydrogen-bond acceptors (Lipinski definition) is 0. The van der Waals surface area contributed by atoms with Crippen LogP contribution in [0.3, 0.4) is 0 Å². The van der Waals surface area contributed by atoms with Crippen molar-refractivity contribution in [2.45, 2.75) is 78.1 Å². The van der Waals surface area contributed by atoms with Crippen LogP contribution in [0.4, 0.5) is 0 Å². The van der Waals surface area contributed by atoms with E-state index in [1.165, 1.54) is 72.6 Å². The molecular formula is C55H54ClN2Rh-2. The number of aromatic nitrogens is 2. The molecule has 0 saturated heterocycles. The normalized spacial score (nSPS) is 12.5. The van der Waals surface area contributed by atoms with Gasteiger partial charge in [0, 0.05) is 0 Å². The Morgan fingerprint density at radius 2 is 0.881 bits per heavy atom. The monoisotopic (exact) mass is 880 g/mol. The van der Waals surface area contributed by atoms with Gasteiger partial charge in [-0.2, -0.15) is 0 Å². The van der Waals surface area contributed by atoms with Crippen LogP contribution in [0.5, 0.6) is 0 Å². The summed E-state index contributed by atoms with van der Waals surface area (Å²) in [6, 6.07) is 60.6. The van der Waals surface area contributed by atoms with Crippen LogP contribution < -0.4 is 0 Å². The van der Waals surface area contributed by atoms with Gasteiger partial charge in [-0.1, -0.05) is 0 Å². The molecule has 2 aromatic heterocycles. The Morgan fingerprint density at radius 3 is 1.25 bits per heavy atom. The van der Waals surface area contributed by atoms with Crippen LogP contribution in [0.1, 0.15) is 127 Å². The summed E-state index contributed by atoms with van der Waals surface area (Å²) in [5.74, 6) is 1.06. The summed E-state index contributed by atoms with van der Waals surface area (Å²) < 4.78 is 6.05. The van der Waals surface area contributed by atoms with Crippen molar-refractivity contribution in [1.82, 2.24) is 8.97 Å². The molecule has 4 heteroatoms. The number of pyridine rings is 1. The van der Waals surface area contributed by atoms with Crippen molar-refractivity contribution in [3.63, 3.8) is 0 Å². The van der Waals surface area contributed by atoms with Gasteiger partial charge in [-0.15, -0.1) is 0 Å². The van der Waals surface area contributed by atoms with Gasteiger partial charge in [0.2, 0.25) is 0 Å².